The number of carbonyl (C=O) groups is 1. The van der Waals surface area contributed by atoms with Gasteiger partial charge in [0.25, 0.3) is 0 Å². The fourth-order valence-corrected chi connectivity index (χ4v) is 3.70. The van der Waals surface area contributed by atoms with Crippen LogP contribution in [0.1, 0.15) is 43.1 Å². The molecule has 2 aromatic heterocycles. The van der Waals surface area contributed by atoms with E-state index in [-0.39, 0.29) is 11.9 Å². The van der Waals surface area contributed by atoms with E-state index < -0.39 is 0 Å². The molecule has 1 N–H and O–H groups in total. The molecule has 1 atom stereocenters. The summed E-state index contributed by atoms with van der Waals surface area (Å²) in [4.78, 5) is 23.6. The Balaban J connectivity index is 1.29. The number of rotatable bonds is 6. The molecule has 4 heterocycles. The molecular formula is C19H25N5O3. The Bertz CT molecular complexity index is 746. The molecule has 4 rings (SSSR count). The maximum absolute atomic E-state index is 12.2. The van der Waals surface area contributed by atoms with Gasteiger partial charge >= 0.3 is 0 Å². The zero-order chi connectivity index (χ0) is 18.5. The van der Waals surface area contributed by atoms with Crippen molar-refractivity contribution in [3.8, 4) is 0 Å². The van der Waals surface area contributed by atoms with Crippen LogP contribution in [0.25, 0.3) is 0 Å². The standard InChI is InChI=1S/C19H25N5O3/c25-18(2-1-16-3-9-21-27-16)22-15-5-10-24(13-15)19-20-8-4-17(23-19)14-6-11-26-12-7-14/h3-4,8-9,14-15H,1-2,5-7,10-13H2,(H,22,25). The Kier molecular flexibility index (Phi) is 5.62. The highest BCUT2D eigenvalue weighted by Gasteiger charge is 2.26. The number of hydrogen-bond acceptors (Lipinski definition) is 7. The second-order valence-electron chi connectivity index (χ2n) is 7.15. The molecule has 8 heteroatoms. The highest BCUT2D eigenvalue weighted by atomic mass is 16.5. The maximum Gasteiger partial charge on any atom is 0.225 e. The first-order chi connectivity index (χ1) is 13.3. The molecule has 8 nitrogen and oxygen atoms in total. The van der Waals surface area contributed by atoms with E-state index in [9.17, 15) is 4.79 Å². The van der Waals surface area contributed by atoms with E-state index in [1.807, 2.05) is 12.3 Å². The van der Waals surface area contributed by atoms with Gasteiger partial charge in [-0.05, 0) is 25.3 Å². The number of ether oxygens (including phenoxy) is 1. The van der Waals surface area contributed by atoms with Gasteiger partial charge in [0.15, 0.2) is 0 Å². The molecule has 0 radical (unpaired) electrons. The van der Waals surface area contributed by atoms with Gasteiger partial charge in [0.1, 0.15) is 5.76 Å². The van der Waals surface area contributed by atoms with Crippen molar-refractivity contribution in [2.24, 2.45) is 0 Å². The van der Waals surface area contributed by atoms with Crippen LogP contribution in [-0.2, 0) is 16.0 Å². The van der Waals surface area contributed by atoms with Crippen molar-refractivity contribution in [2.75, 3.05) is 31.2 Å². The molecule has 0 bridgehead atoms. The summed E-state index contributed by atoms with van der Waals surface area (Å²) in [6.45, 7) is 3.20. The lowest BCUT2D eigenvalue weighted by Crippen LogP contribution is -2.37. The normalized spacial score (nSPS) is 20.7. The van der Waals surface area contributed by atoms with Crippen molar-refractivity contribution in [1.29, 1.82) is 0 Å². The predicted octanol–water partition coefficient (Wildman–Crippen LogP) is 1.69. The van der Waals surface area contributed by atoms with E-state index in [0.29, 0.717) is 18.8 Å². The third kappa shape index (κ3) is 4.63. The summed E-state index contributed by atoms with van der Waals surface area (Å²) in [7, 11) is 0. The first-order valence-electron chi connectivity index (χ1n) is 9.62. The fraction of sp³-hybridized carbons (Fsp3) is 0.579. The number of nitrogens with one attached hydrogen (secondary N) is 1. The minimum absolute atomic E-state index is 0.0372. The van der Waals surface area contributed by atoms with Crippen molar-refractivity contribution in [3.05, 3.63) is 36.0 Å². The van der Waals surface area contributed by atoms with Crippen LogP contribution in [0.15, 0.2) is 29.0 Å². The summed E-state index contributed by atoms with van der Waals surface area (Å²) >= 11 is 0. The molecule has 1 amide bonds. The lowest BCUT2D eigenvalue weighted by Gasteiger charge is -2.23. The summed E-state index contributed by atoms with van der Waals surface area (Å²) in [6, 6.07) is 3.92. The van der Waals surface area contributed by atoms with Crippen LogP contribution in [0.4, 0.5) is 5.95 Å². The minimum atomic E-state index is 0.0372. The van der Waals surface area contributed by atoms with Crippen LogP contribution in [0.2, 0.25) is 0 Å². The Morgan fingerprint density at radius 3 is 2.93 bits per heavy atom. The van der Waals surface area contributed by atoms with Gasteiger partial charge < -0.3 is 19.5 Å². The molecule has 0 saturated carbocycles. The van der Waals surface area contributed by atoms with Gasteiger partial charge in [-0.1, -0.05) is 5.16 Å². The zero-order valence-corrected chi connectivity index (χ0v) is 15.3. The summed E-state index contributed by atoms with van der Waals surface area (Å²) in [5, 5.41) is 6.76. The summed E-state index contributed by atoms with van der Waals surface area (Å²) in [5.74, 6) is 1.98. The number of nitrogens with zero attached hydrogens (tertiary/aromatic N) is 4. The molecule has 2 aliphatic heterocycles. The number of aromatic nitrogens is 3. The highest BCUT2D eigenvalue weighted by molar-refractivity contribution is 5.76. The molecule has 1 unspecified atom stereocenters. The second-order valence-corrected chi connectivity index (χ2v) is 7.15. The lowest BCUT2D eigenvalue weighted by molar-refractivity contribution is -0.121. The SMILES string of the molecule is O=C(CCc1ccno1)NC1CCN(c2nccc(C3CCOCC3)n2)C1. The van der Waals surface area contributed by atoms with Crippen LogP contribution in [0.3, 0.4) is 0 Å². The molecule has 0 aromatic carbocycles. The fourth-order valence-electron chi connectivity index (χ4n) is 3.70. The summed E-state index contributed by atoms with van der Waals surface area (Å²) in [6.07, 6.45) is 7.34. The molecule has 2 saturated heterocycles. The van der Waals surface area contributed by atoms with Gasteiger partial charge in [0, 0.05) is 69.1 Å². The van der Waals surface area contributed by atoms with E-state index in [0.717, 1.165) is 63.0 Å². The van der Waals surface area contributed by atoms with E-state index >= 15 is 0 Å². The van der Waals surface area contributed by atoms with Gasteiger partial charge in [0.05, 0.1) is 6.20 Å². The average molecular weight is 371 g/mol. The molecule has 27 heavy (non-hydrogen) atoms. The van der Waals surface area contributed by atoms with Gasteiger partial charge in [-0.2, -0.15) is 0 Å². The van der Waals surface area contributed by atoms with Gasteiger partial charge in [-0.25, -0.2) is 9.97 Å². The van der Waals surface area contributed by atoms with Crippen LogP contribution < -0.4 is 10.2 Å². The summed E-state index contributed by atoms with van der Waals surface area (Å²) < 4.78 is 10.5. The Hall–Kier alpha value is -2.48. The first-order valence-corrected chi connectivity index (χ1v) is 9.62. The van der Waals surface area contributed by atoms with Crippen LogP contribution >= 0.6 is 0 Å². The van der Waals surface area contributed by atoms with E-state index in [1.165, 1.54) is 0 Å². The number of carbonyl (C=O) groups excluding carboxylic acids is 1. The van der Waals surface area contributed by atoms with Gasteiger partial charge in [-0.15, -0.1) is 0 Å². The van der Waals surface area contributed by atoms with Crippen LogP contribution in [0, 0.1) is 0 Å². The first kappa shape index (κ1) is 17.9. The smallest absolute Gasteiger partial charge is 0.225 e. The topological polar surface area (TPSA) is 93.4 Å². The molecule has 144 valence electrons. The molecule has 2 fully saturated rings. The quantitative estimate of drug-likeness (QED) is 0.826. The molecule has 0 spiro atoms. The van der Waals surface area contributed by atoms with Crippen molar-refractivity contribution < 1.29 is 14.1 Å². The lowest BCUT2D eigenvalue weighted by atomic mass is 9.96. The Morgan fingerprint density at radius 2 is 2.11 bits per heavy atom. The summed E-state index contributed by atoms with van der Waals surface area (Å²) in [5.41, 5.74) is 1.10. The molecular weight excluding hydrogens is 346 g/mol. The van der Waals surface area contributed by atoms with Crippen molar-refractivity contribution in [1.82, 2.24) is 20.4 Å². The monoisotopic (exact) mass is 371 g/mol. The van der Waals surface area contributed by atoms with Crippen LogP contribution in [0.5, 0.6) is 0 Å². The van der Waals surface area contributed by atoms with Crippen molar-refractivity contribution in [2.45, 2.75) is 44.1 Å². The Morgan fingerprint density at radius 1 is 1.22 bits per heavy atom. The van der Waals surface area contributed by atoms with Crippen molar-refractivity contribution >= 4 is 11.9 Å². The third-order valence-corrected chi connectivity index (χ3v) is 5.23. The Labute approximate surface area is 158 Å². The largest absolute Gasteiger partial charge is 0.381 e. The minimum Gasteiger partial charge on any atom is -0.381 e. The average Bonchev–Trinajstić information content (AvgIpc) is 3.39. The highest BCUT2D eigenvalue weighted by Crippen LogP contribution is 2.26. The number of anilines is 1. The number of hydrogen-bond donors (Lipinski definition) is 1. The second kappa shape index (κ2) is 8.47. The number of amides is 1. The van der Waals surface area contributed by atoms with Crippen LogP contribution in [-0.4, -0.2) is 53.4 Å². The molecule has 0 aliphatic carbocycles. The van der Waals surface area contributed by atoms with Gasteiger partial charge in [0.2, 0.25) is 11.9 Å². The number of aryl methyl sites for hydroxylation is 1. The van der Waals surface area contributed by atoms with Gasteiger partial charge in [-0.3, -0.25) is 4.79 Å². The van der Waals surface area contributed by atoms with Crippen molar-refractivity contribution in [3.63, 3.8) is 0 Å². The van der Waals surface area contributed by atoms with E-state index in [1.54, 1.807) is 12.3 Å². The maximum atomic E-state index is 12.2. The molecule has 2 aromatic rings. The van der Waals surface area contributed by atoms with E-state index in [2.05, 4.69) is 20.4 Å². The third-order valence-electron chi connectivity index (χ3n) is 5.23. The zero-order valence-electron chi connectivity index (χ0n) is 15.3. The van der Waals surface area contributed by atoms with E-state index in [4.69, 9.17) is 14.2 Å². The predicted molar refractivity (Wildman–Crippen MR) is 98.4 cm³/mol. The molecule has 2 aliphatic rings.